The molecule has 0 bridgehead atoms. The summed E-state index contributed by atoms with van der Waals surface area (Å²) in [6.45, 7) is 6.49. The highest BCUT2D eigenvalue weighted by molar-refractivity contribution is 5.40. The molecule has 0 amide bonds. The molecule has 154 valence electrons. The van der Waals surface area contributed by atoms with Gasteiger partial charge in [-0.1, -0.05) is 6.07 Å². The van der Waals surface area contributed by atoms with Crippen molar-refractivity contribution in [3.05, 3.63) is 41.2 Å². The van der Waals surface area contributed by atoms with Gasteiger partial charge in [0.1, 0.15) is 24.2 Å². The van der Waals surface area contributed by atoms with E-state index in [2.05, 4.69) is 15.3 Å². The fraction of sp³-hybridized carbons (Fsp3) is 0.571. The molecule has 1 aliphatic heterocycles. The number of nitrogens with one attached hydrogen (secondary N) is 1. The van der Waals surface area contributed by atoms with Crippen molar-refractivity contribution < 1.29 is 14.6 Å². The number of aliphatic hydroxyl groups is 1. The summed E-state index contributed by atoms with van der Waals surface area (Å²) in [7, 11) is 3.57. The van der Waals surface area contributed by atoms with Crippen LogP contribution >= 0.6 is 0 Å². The number of nitrogens with zero attached hydrogens (tertiary/aromatic N) is 3. The zero-order valence-corrected chi connectivity index (χ0v) is 17.1. The molecule has 1 unspecified atom stereocenters. The maximum Gasteiger partial charge on any atom is 0.127 e. The third-order valence-electron chi connectivity index (χ3n) is 5.12. The van der Waals surface area contributed by atoms with E-state index >= 15 is 0 Å². The number of rotatable bonds is 10. The second-order valence-electron chi connectivity index (χ2n) is 7.46. The molecule has 0 radical (unpaired) electrons. The van der Waals surface area contributed by atoms with Crippen LogP contribution < -0.4 is 14.8 Å². The fourth-order valence-corrected chi connectivity index (χ4v) is 3.60. The number of likely N-dealkylation sites (tertiary alicyclic amines) is 1. The van der Waals surface area contributed by atoms with E-state index in [1.807, 2.05) is 43.0 Å². The van der Waals surface area contributed by atoms with Crippen LogP contribution in [0.1, 0.15) is 29.7 Å². The van der Waals surface area contributed by atoms with Crippen LogP contribution in [0.15, 0.2) is 24.4 Å². The van der Waals surface area contributed by atoms with Gasteiger partial charge in [0.25, 0.3) is 0 Å². The molecule has 2 N–H and O–H groups in total. The first-order valence-electron chi connectivity index (χ1n) is 9.95. The van der Waals surface area contributed by atoms with Gasteiger partial charge in [0.05, 0.1) is 12.8 Å². The molecular formula is C21H32N4O3. The Morgan fingerprint density at radius 3 is 2.64 bits per heavy atom. The van der Waals surface area contributed by atoms with Gasteiger partial charge in [0.2, 0.25) is 0 Å². The van der Waals surface area contributed by atoms with Gasteiger partial charge in [-0.15, -0.1) is 0 Å². The average molecular weight is 389 g/mol. The number of aryl methyl sites for hydroxylation is 2. The standard InChI is InChI=1S/C21H32N4O3/c1-16-18(13-24(2)23-16)12-22-11-17-6-7-20(27-3)10-21(17)28-15-19(26)14-25-8-4-5-9-25/h6-7,10,13,19,22,26H,4-5,8-9,11-12,14-15H2,1-3H3. The van der Waals surface area contributed by atoms with Crippen molar-refractivity contribution in [1.82, 2.24) is 20.0 Å². The van der Waals surface area contributed by atoms with Gasteiger partial charge >= 0.3 is 0 Å². The van der Waals surface area contributed by atoms with E-state index < -0.39 is 6.10 Å². The lowest BCUT2D eigenvalue weighted by atomic mass is 10.1. The Balaban J connectivity index is 1.56. The Morgan fingerprint density at radius 2 is 1.96 bits per heavy atom. The molecule has 1 aliphatic rings. The van der Waals surface area contributed by atoms with Crippen molar-refractivity contribution in [2.24, 2.45) is 7.05 Å². The Kier molecular flexibility index (Phi) is 7.30. The van der Waals surface area contributed by atoms with Gasteiger partial charge in [-0.05, 0) is 38.9 Å². The minimum Gasteiger partial charge on any atom is -0.497 e. The summed E-state index contributed by atoms with van der Waals surface area (Å²) < 4.78 is 13.1. The van der Waals surface area contributed by atoms with Gasteiger partial charge in [-0.3, -0.25) is 4.68 Å². The first-order chi connectivity index (χ1) is 13.5. The number of hydrogen-bond acceptors (Lipinski definition) is 6. The average Bonchev–Trinajstić information content (AvgIpc) is 3.29. The SMILES string of the molecule is COc1ccc(CNCc2cn(C)nc2C)c(OCC(O)CN2CCCC2)c1. The van der Waals surface area contributed by atoms with Crippen LogP contribution in [-0.2, 0) is 20.1 Å². The van der Waals surface area contributed by atoms with Gasteiger partial charge in [0.15, 0.2) is 0 Å². The Bertz CT molecular complexity index is 756. The Hall–Kier alpha value is -2.09. The minimum absolute atomic E-state index is 0.276. The van der Waals surface area contributed by atoms with Crippen molar-refractivity contribution in [1.29, 1.82) is 0 Å². The van der Waals surface area contributed by atoms with E-state index in [1.54, 1.807) is 7.11 Å². The van der Waals surface area contributed by atoms with Crippen LogP contribution in [0.2, 0.25) is 0 Å². The third kappa shape index (κ3) is 5.70. The van der Waals surface area contributed by atoms with Gasteiger partial charge in [-0.2, -0.15) is 5.10 Å². The number of aromatic nitrogens is 2. The maximum absolute atomic E-state index is 10.3. The fourth-order valence-electron chi connectivity index (χ4n) is 3.60. The molecule has 7 heteroatoms. The molecule has 0 spiro atoms. The van der Waals surface area contributed by atoms with E-state index in [0.29, 0.717) is 13.1 Å². The molecule has 3 rings (SSSR count). The molecule has 1 atom stereocenters. The predicted molar refractivity (Wildman–Crippen MR) is 109 cm³/mol. The maximum atomic E-state index is 10.3. The lowest BCUT2D eigenvalue weighted by molar-refractivity contribution is 0.0753. The second-order valence-corrected chi connectivity index (χ2v) is 7.46. The van der Waals surface area contributed by atoms with Crippen molar-refractivity contribution in [3.63, 3.8) is 0 Å². The van der Waals surface area contributed by atoms with E-state index in [9.17, 15) is 5.11 Å². The number of benzene rings is 1. The van der Waals surface area contributed by atoms with Crippen LogP contribution in [0.5, 0.6) is 11.5 Å². The Morgan fingerprint density at radius 1 is 1.21 bits per heavy atom. The van der Waals surface area contributed by atoms with E-state index in [4.69, 9.17) is 9.47 Å². The number of hydrogen-bond donors (Lipinski definition) is 2. The van der Waals surface area contributed by atoms with Gasteiger partial charge in [-0.25, -0.2) is 0 Å². The molecule has 1 aromatic heterocycles. The highest BCUT2D eigenvalue weighted by Crippen LogP contribution is 2.25. The van der Waals surface area contributed by atoms with Gasteiger partial charge in [0, 0.05) is 50.1 Å². The summed E-state index contributed by atoms with van der Waals surface area (Å²) in [5.41, 5.74) is 3.25. The highest BCUT2D eigenvalue weighted by Gasteiger charge is 2.17. The first-order valence-corrected chi connectivity index (χ1v) is 9.95. The Labute approximate surface area is 167 Å². The molecule has 28 heavy (non-hydrogen) atoms. The van der Waals surface area contributed by atoms with E-state index in [0.717, 1.165) is 42.4 Å². The molecule has 7 nitrogen and oxygen atoms in total. The molecule has 1 fully saturated rings. The molecule has 1 saturated heterocycles. The summed E-state index contributed by atoms with van der Waals surface area (Å²) in [4.78, 5) is 2.29. The largest absolute Gasteiger partial charge is 0.497 e. The van der Waals surface area contributed by atoms with Crippen molar-refractivity contribution in [2.45, 2.75) is 39.0 Å². The topological polar surface area (TPSA) is 71.8 Å². The molecule has 2 heterocycles. The van der Waals surface area contributed by atoms with Crippen LogP contribution in [0.4, 0.5) is 0 Å². The lowest BCUT2D eigenvalue weighted by Gasteiger charge is -2.20. The lowest BCUT2D eigenvalue weighted by Crippen LogP contribution is -2.33. The first kappa shape index (κ1) is 20.6. The van der Waals surface area contributed by atoms with Crippen LogP contribution in [0.25, 0.3) is 0 Å². The van der Waals surface area contributed by atoms with Crippen molar-refractivity contribution >= 4 is 0 Å². The second kappa shape index (κ2) is 9.91. The predicted octanol–water partition coefficient (Wildman–Crippen LogP) is 1.86. The van der Waals surface area contributed by atoms with Crippen LogP contribution in [0.3, 0.4) is 0 Å². The quantitative estimate of drug-likeness (QED) is 0.647. The number of methoxy groups -OCH3 is 1. The summed E-state index contributed by atoms with van der Waals surface area (Å²) in [5.74, 6) is 1.49. The summed E-state index contributed by atoms with van der Waals surface area (Å²) in [6.07, 6.45) is 3.97. The number of ether oxygens (including phenoxy) is 2. The zero-order chi connectivity index (χ0) is 19.9. The van der Waals surface area contributed by atoms with Crippen molar-refractivity contribution in [2.75, 3.05) is 33.4 Å². The highest BCUT2D eigenvalue weighted by atomic mass is 16.5. The molecule has 0 aliphatic carbocycles. The normalized spacial score (nSPS) is 15.7. The monoisotopic (exact) mass is 388 g/mol. The third-order valence-corrected chi connectivity index (χ3v) is 5.12. The molecule has 2 aromatic rings. The molecule has 0 saturated carbocycles. The van der Waals surface area contributed by atoms with Crippen LogP contribution in [-0.4, -0.2) is 59.2 Å². The molecule has 1 aromatic carbocycles. The van der Waals surface area contributed by atoms with Gasteiger partial charge < -0.3 is 24.8 Å². The summed E-state index contributed by atoms with van der Waals surface area (Å²) >= 11 is 0. The minimum atomic E-state index is -0.497. The number of β-amino-alcohol motifs (C(OH)–C–C–N with tert-alkyl or cyclic N) is 1. The zero-order valence-electron chi connectivity index (χ0n) is 17.1. The smallest absolute Gasteiger partial charge is 0.127 e. The molecular weight excluding hydrogens is 356 g/mol. The van der Waals surface area contributed by atoms with Crippen LogP contribution in [0, 0.1) is 6.92 Å². The summed E-state index contributed by atoms with van der Waals surface area (Å²) in [5, 5.41) is 18.1. The summed E-state index contributed by atoms with van der Waals surface area (Å²) in [6, 6.07) is 5.82. The van der Waals surface area contributed by atoms with E-state index in [1.165, 1.54) is 18.4 Å². The van der Waals surface area contributed by atoms with E-state index in [-0.39, 0.29) is 6.61 Å². The number of aliphatic hydroxyl groups excluding tert-OH is 1. The van der Waals surface area contributed by atoms with Crippen molar-refractivity contribution in [3.8, 4) is 11.5 Å².